The summed E-state index contributed by atoms with van der Waals surface area (Å²) in [5.41, 5.74) is 2.62. The van der Waals surface area contributed by atoms with Crippen LogP contribution in [0.25, 0.3) is 0 Å². The predicted octanol–water partition coefficient (Wildman–Crippen LogP) is 4.18. The third kappa shape index (κ3) is 6.42. The molecule has 28 heavy (non-hydrogen) atoms. The number of nitrogens with zero attached hydrogens (tertiary/aromatic N) is 1. The highest BCUT2D eigenvalue weighted by atomic mass is 79.9. The fourth-order valence-electron chi connectivity index (χ4n) is 2.10. The maximum atomic E-state index is 12.7. The van der Waals surface area contributed by atoms with E-state index >= 15 is 0 Å². The summed E-state index contributed by atoms with van der Waals surface area (Å²) in [5.74, 6) is -1.17. The lowest BCUT2D eigenvalue weighted by atomic mass is 9.87. The molecule has 2 aromatic rings. The number of hydrogen-bond donors (Lipinski definition) is 2. The van der Waals surface area contributed by atoms with E-state index in [0.29, 0.717) is 11.3 Å². The van der Waals surface area contributed by atoms with Gasteiger partial charge in [0, 0.05) is 21.1 Å². The number of amides is 2. The Kier molecular flexibility index (Phi) is 7.23. The Morgan fingerprint density at radius 2 is 1.57 bits per heavy atom. The van der Waals surface area contributed by atoms with Crippen molar-refractivity contribution >= 4 is 44.9 Å². The summed E-state index contributed by atoms with van der Waals surface area (Å²) < 4.78 is 0.873. The molecule has 0 aliphatic heterocycles. The van der Waals surface area contributed by atoms with Crippen LogP contribution in [-0.4, -0.2) is 23.3 Å². The van der Waals surface area contributed by atoms with E-state index in [-0.39, 0.29) is 17.9 Å². The third-order valence-corrected chi connectivity index (χ3v) is 4.39. The molecular weight excluding hydrogens is 422 g/mol. The lowest BCUT2D eigenvalue weighted by Crippen LogP contribution is -2.32. The Hall–Kier alpha value is -2.80. The average molecular weight is 444 g/mol. The second kappa shape index (κ2) is 9.41. The van der Waals surface area contributed by atoms with E-state index in [0.717, 1.165) is 4.47 Å². The molecule has 0 bridgehead atoms. The second-order valence-electron chi connectivity index (χ2n) is 7.18. The van der Waals surface area contributed by atoms with Crippen LogP contribution < -0.4 is 10.7 Å². The second-order valence-corrected chi connectivity index (χ2v) is 8.09. The molecule has 6 nitrogen and oxygen atoms in total. The van der Waals surface area contributed by atoms with E-state index < -0.39 is 17.2 Å². The van der Waals surface area contributed by atoms with Gasteiger partial charge in [-0.25, -0.2) is 5.43 Å². The van der Waals surface area contributed by atoms with Crippen molar-refractivity contribution in [3.63, 3.8) is 0 Å². The zero-order chi connectivity index (χ0) is 20.7. The highest BCUT2D eigenvalue weighted by Gasteiger charge is 2.26. The van der Waals surface area contributed by atoms with E-state index in [9.17, 15) is 14.4 Å². The summed E-state index contributed by atoms with van der Waals surface area (Å²) in [7, 11) is 0. The van der Waals surface area contributed by atoms with Crippen molar-refractivity contribution in [1.29, 1.82) is 0 Å². The SMILES string of the molecule is CC(C)(C)C(=O)CC(=NNC(=O)c1ccccc1)C(=O)Nc1ccc(Br)cc1. The van der Waals surface area contributed by atoms with Crippen LogP contribution in [0, 0.1) is 5.41 Å². The molecule has 2 N–H and O–H groups in total. The summed E-state index contributed by atoms with van der Waals surface area (Å²) >= 11 is 3.33. The minimum absolute atomic E-state index is 0.0628. The summed E-state index contributed by atoms with van der Waals surface area (Å²) in [6.45, 7) is 5.30. The van der Waals surface area contributed by atoms with Crippen LogP contribution in [-0.2, 0) is 9.59 Å². The smallest absolute Gasteiger partial charge is 0.272 e. The summed E-state index contributed by atoms with van der Waals surface area (Å²) in [6, 6.07) is 15.5. The normalized spacial score (nSPS) is 11.6. The van der Waals surface area contributed by atoms with Gasteiger partial charge in [-0.15, -0.1) is 0 Å². The Morgan fingerprint density at radius 3 is 2.14 bits per heavy atom. The summed E-state index contributed by atoms with van der Waals surface area (Å²) in [6.07, 6.45) is -0.194. The first-order valence-electron chi connectivity index (χ1n) is 8.69. The van der Waals surface area contributed by atoms with E-state index in [4.69, 9.17) is 0 Å². The van der Waals surface area contributed by atoms with E-state index in [1.165, 1.54) is 0 Å². The van der Waals surface area contributed by atoms with Crippen molar-refractivity contribution in [2.45, 2.75) is 27.2 Å². The Bertz CT molecular complexity index is 885. The fraction of sp³-hybridized carbons (Fsp3) is 0.238. The summed E-state index contributed by atoms with van der Waals surface area (Å²) in [4.78, 5) is 37.3. The van der Waals surface area contributed by atoms with Gasteiger partial charge in [-0.2, -0.15) is 5.10 Å². The Balaban J connectivity index is 2.20. The molecule has 0 saturated heterocycles. The molecule has 0 saturated carbocycles. The summed E-state index contributed by atoms with van der Waals surface area (Å²) in [5, 5.41) is 6.64. The molecule has 146 valence electrons. The number of Topliss-reactive ketones (excluding diaryl/α,β-unsaturated/α-hetero) is 1. The number of carbonyl (C=O) groups excluding carboxylic acids is 3. The molecule has 0 fully saturated rings. The van der Waals surface area contributed by atoms with Gasteiger partial charge in [-0.3, -0.25) is 14.4 Å². The number of ketones is 1. The first-order valence-corrected chi connectivity index (χ1v) is 9.48. The number of benzene rings is 2. The number of hydrogen-bond acceptors (Lipinski definition) is 4. The van der Waals surface area contributed by atoms with E-state index in [1.54, 1.807) is 75.4 Å². The lowest BCUT2D eigenvalue weighted by Gasteiger charge is -2.17. The standard InChI is InChI=1S/C21H22BrN3O3/c1-21(2,3)18(26)13-17(20(28)23-16-11-9-15(22)10-12-16)24-25-19(27)14-7-5-4-6-8-14/h4-12H,13H2,1-3H3,(H,23,28)(H,25,27). The van der Waals surface area contributed by atoms with Gasteiger partial charge in [0.25, 0.3) is 11.8 Å². The van der Waals surface area contributed by atoms with Crippen LogP contribution in [0.2, 0.25) is 0 Å². The number of halogens is 1. The third-order valence-electron chi connectivity index (χ3n) is 3.86. The molecule has 0 unspecified atom stereocenters. The van der Waals surface area contributed by atoms with Crippen molar-refractivity contribution in [2.24, 2.45) is 10.5 Å². The largest absolute Gasteiger partial charge is 0.321 e. The molecule has 0 spiro atoms. The molecule has 2 amide bonds. The van der Waals surface area contributed by atoms with E-state index in [2.05, 4.69) is 31.8 Å². The monoisotopic (exact) mass is 443 g/mol. The van der Waals surface area contributed by atoms with Gasteiger partial charge in [0.2, 0.25) is 0 Å². The number of carbonyl (C=O) groups is 3. The molecule has 0 aliphatic carbocycles. The Labute approximate surface area is 172 Å². The number of anilines is 1. The van der Waals surface area contributed by atoms with Crippen LogP contribution in [0.3, 0.4) is 0 Å². The number of hydrazone groups is 1. The number of nitrogens with one attached hydrogen (secondary N) is 2. The average Bonchev–Trinajstić information content (AvgIpc) is 2.66. The minimum Gasteiger partial charge on any atom is -0.321 e. The lowest BCUT2D eigenvalue weighted by molar-refractivity contribution is -0.125. The van der Waals surface area contributed by atoms with Gasteiger partial charge in [0.1, 0.15) is 11.5 Å². The maximum absolute atomic E-state index is 12.7. The molecule has 2 rings (SSSR count). The van der Waals surface area contributed by atoms with Crippen molar-refractivity contribution < 1.29 is 14.4 Å². The van der Waals surface area contributed by atoms with Gasteiger partial charge in [0.15, 0.2) is 0 Å². The quantitative estimate of drug-likeness (QED) is 0.518. The highest BCUT2D eigenvalue weighted by Crippen LogP contribution is 2.18. The molecule has 0 heterocycles. The van der Waals surface area contributed by atoms with Gasteiger partial charge < -0.3 is 5.32 Å². The highest BCUT2D eigenvalue weighted by molar-refractivity contribution is 9.10. The topological polar surface area (TPSA) is 87.6 Å². The van der Waals surface area contributed by atoms with Crippen molar-refractivity contribution in [1.82, 2.24) is 5.43 Å². The molecule has 2 aromatic carbocycles. The molecule has 0 aromatic heterocycles. The van der Waals surface area contributed by atoms with Crippen molar-refractivity contribution in [3.05, 3.63) is 64.6 Å². The van der Waals surface area contributed by atoms with Gasteiger partial charge in [-0.1, -0.05) is 54.9 Å². The zero-order valence-corrected chi connectivity index (χ0v) is 17.5. The van der Waals surface area contributed by atoms with Crippen LogP contribution in [0.1, 0.15) is 37.6 Å². The van der Waals surface area contributed by atoms with Crippen LogP contribution >= 0.6 is 15.9 Å². The van der Waals surface area contributed by atoms with Crippen LogP contribution in [0.4, 0.5) is 5.69 Å². The van der Waals surface area contributed by atoms with Gasteiger partial charge >= 0.3 is 0 Å². The minimum atomic E-state index is -0.637. The first-order chi connectivity index (χ1) is 13.2. The van der Waals surface area contributed by atoms with Crippen molar-refractivity contribution in [3.8, 4) is 0 Å². The molecule has 7 heteroatoms. The fourth-order valence-corrected chi connectivity index (χ4v) is 2.36. The Morgan fingerprint density at radius 1 is 0.964 bits per heavy atom. The van der Waals surface area contributed by atoms with Crippen LogP contribution in [0.15, 0.2) is 64.2 Å². The van der Waals surface area contributed by atoms with Gasteiger partial charge in [-0.05, 0) is 36.4 Å². The molecule has 0 radical (unpaired) electrons. The predicted molar refractivity (Wildman–Crippen MR) is 113 cm³/mol. The van der Waals surface area contributed by atoms with Crippen molar-refractivity contribution in [2.75, 3.05) is 5.32 Å². The van der Waals surface area contributed by atoms with Gasteiger partial charge in [0.05, 0.1) is 6.42 Å². The molecular formula is C21H22BrN3O3. The number of rotatable bonds is 6. The molecule has 0 aliphatic rings. The van der Waals surface area contributed by atoms with Crippen LogP contribution in [0.5, 0.6) is 0 Å². The molecule has 0 atom stereocenters. The first kappa shape index (κ1) is 21.5. The van der Waals surface area contributed by atoms with E-state index in [1.807, 2.05) is 0 Å². The maximum Gasteiger partial charge on any atom is 0.272 e. The zero-order valence-electron chi connectivity index (χ0n) is 16.0.